The number of nitrogens with two attached hydrogens (primary N) is 1. The molecule has 1 aromatic carbocycles. The highest BCUT2D eigenvalue weighted by Crippen LogP contribution is 2.30. The zero-order chi connectivity index (χ0) is 14.8. The average Bonchev–Trinajstić information content (AvgIpc) is 3.05. The first kappa shape index (κ1) is 13.6. The van der Waals surface area contributed by atoms with Crippen LogP contribution in [0.5, 0.6) is 5.75 Å². The highest BCUT2D eigenvalue weighted by Gasteiger charge is 2.15. The lowest BCUT2D eigenvalue weighted by atomic mass is 10.1. The minimum Gasteiger partial charge on any atom is -0.497 e. The van der Waals surface area contributed by atoms with Gasteiger partial charge in [-0.15, -0.1) is 0 Å². The topological polar surface area (TPSA) is 87.1 Å². The Hall–Kier alpha value is -2.41. The van der Waals surface area contributed by atoms with E-state index < -0.39 is 0 Å². The van der Waals surface area contributed by atoms with Gasteiger partial charge in [-0.1, -0.05) is 28.6 Å². The van der Waals surface area contributed by atoms with Crippen molar-refractivity contribution in [1.29, 1.82) is 0 Å². The summed E-state index contributed by atoms with van der Waals surface area (Å²) >= 11 is 1.34. The molecule has 0 atom stereocenters. The molecule has 0 bridgehead atoms. The normalized spacial score (nSPS) is 10.8. The summed E-state index contributed by atoms with van der Waals surface area (Å²) in [5.41, 5.74) is 7.54. The lowest BCUT2D eigenvalue weighted by molar-refractivity contribution is 0.414. The Morgan fingerprint density at radius 1 is 1.33 bits per heavy atom. The third-order valence-corrected chi connectivity index (χ3v) is 3.95. The van der Waals surface area contributed by atoms with Crippen LogP contribution in [0.3, 0.4) is 0 Å². The molecule has 0 unspecified atom stereocenters. The molecule has 3 rings (SSSR count). The van der Waals surface area contributed by atoms with Crippen LogP contribution in [0.25, 0.3) is 10.8 Å². The van der Waals surface area contributed by atoms with Crippen molar-refractivity contribution in [2.24, 2.45) is 0 Å². The lowest BCUT2D eigenvalue weighted by Crippen LogP contribution is -1.92. The summed E-state index contributed by atoms with van der Waals surface area (Å²) in [4.78, 5) is 9.37. The molecule has 0 fully saturated rings. The van der Waals surface area contributed by atoms with Gasteiger partial charge in [0.25, 0.3) is 5.89 Å². The molecule has 2 N–H and O–H groups in total. The number of nitrogens with zero attached hydrogens (tertiary/aromatic N) is 3. The van der Waals surface area contributed by atoms with E-state index in [9.17, 15) is 0 Å². The Balaban J connectivity index is 1.83. The first-order chi connectivity index (χ1) is 10.2. The van der Waals surface area contributed by atoms with Crippen LogP contribution in [-0.2, 0) is 6.42 Å². The van der Waals surface area contributed by atoms with Crippen LogP contribution in [0.2, 0.25) is 0 Å². The van der Waals surface area contributed by atoms with Crippen LogP contribution >= 0.6 is 11.3 Å². The molecule has 108 valence electrons. The number of benzene rings is 1. The van der Waals surface area contributed by atoms with Crippen LogP contribution in [0.4, 0.5) is 5.13 Å². The summed E-state index contributed by atoms with van der Waals surface area (Å²) in [6.07, 6.45) is 0.577. The van der Waals surface area contributed by atoms with E-state index in [1.807, 2.05) is 31.2 Å². The fraction of sp³-hybridized carbons (Fsp3) is 0.214. The van der Waals surface area contributed by atoms with E-state index in [0.29, 0.717) is 23.3 Å². The third kappa shape index (κ3) is 2.87. The molecule has 0 radical (unpaired) electrons. The number of nitrogen functional groups attached to an aromatic ring is 1. The van der Waals surface area contributed by atoms with E-state index in [2.05, 4.69) is 15.1 Å². The molecular formula is C14H14N4O2S. The molecule has 3 aromatic rings. The number of aromatic nitrogens is 3. The smallest absolute Gasteiger partial charge is 0.270 e. The molecule has 0 spiro atoms. The van der Waals surface area contributed by atoms with E-state index in [1.165, 1.54) is 11.3 Å². The van der Waals surface area contributed by atoms with Crippen LogP contribution < -0.4 is 10.5 Å². The maximum absolute atomic E-state index is 5.68. The van der Waals surface area contributed by atoms with Crippen molar-refractivity contribution < 1.29 is 9.26 Å². The molecule has 21 heavy (non-hydrogen) atoms. The Kier molecular flexibility index (Phi) is 3.57. The maximum Gasteiger partial charge on any atom is 0.270 e. The molecule has 0 saturated carbocycles. The molecule has 0 aliphatic heterocycles. The number of anilines is 1. The second kappa shape index (κ2) is 5.53. The highest BCUT2D eigenvalue weighted by molar-refractivity contribution is 7.18. The quantitative estimate of drug-likeness (QED) is 0.797. The second-order valence-corrected chi connectivity index (χ2v) is 5.54. The molecule has 2 aromatic heterocycles. The fourth-order valence-electron chi connectivity index (χ4n) is 2.00. The Morgan fingerprint density at radius 3 is 2.90 bits per heavy atom. The molecular weight excluding hydrogens is 288 g/mol. The number of rotatable bonds is 4. The van der Waals surface area contributed by atoms with Gasteiger partial charge in [-0.25, -0.2) is 4.98 Å². The number of hydrogen-bond acceptors (Lipinski definition) is 7. The highest BCUT2D eigenvalue weighted by atomic mass is 32.1. The number of hydrogen-bond donors (Lipinski definition) is 1. The molecule has 2 heterocycles. The molecule has 0 saturated heterocycles. The Morgan fingerprint density at radius 2 is 2.19 bits per heavy atom. The Bertz CT molecular complexity index is 766. The van der Waals surface area contributed by atoms with Gasteiger partial charge in [0.1, 0.15) is 10.6 Å². The molecule has 6 nitrogen and oxygen atoms in total. The maximum atomic E-state index is 5.68. The minimum atomic E-state index is 0.458. The lowest BCUT2D eigenvalue weighted by Gasteiger charge is -2.01. The molecule has 0 aliphatic carbocycles. The number of methoxy groups -OCH3 is 1. The van der Waals surface area contributed by atoms with Crippen LogP contribution in [0.15, 0.2) is 28.8 Å². The van der Waals surface area contributed by atoms with Crippen LogP contribution in [0.1, 0.15) is 17.1 Å². The van der Waals surface area contributed by atoms with Crippen molar-refractivity contribution in [3.05, 3.63) is 41.3 Å². The molecule has 0 amide bonds. The monoisotopic (exact) mass is 302 g/mol. The van der Waals surface area contributed by atoms with Crippen molar-refractivity contribution in [3.63, 3.8) is 0 Å². The SMILES string of the molecule is COc1cccc(Cc2noc(-c3sc(N)nc3C)n2)c1. The van der Waals surface area contributed by atoms with Crippen LogP contribution in [-0.4, -0.2) is 22.2 Å². The zero-order valence-electron chi connectivity index (χ0n) is 11.7. The second-order valence-electron chi connectivity index (χ2n) is 4.51. The number of ether oxygens (including phenoxy) is 1. The summed E-state index contributed by atoms with van der Waals surface area (Å²) in [7, 11) is 1.64. The van der Waals surface area contributed by atoms with Gasteiger partial charge in [0, 0.05) is 6.42 Å². The van der Waals surface area contributed by atoms with Gasteiger partial charge < -0.3 is 15.0 Å². The molecule has 7 heteroatoms. The van der Waals surface area contributed by atoms with E-state index >= 15 is 0 Å². The van der Waals surface area contributed by atoms with Crippen molar-refractivity contribution in [1.82, 2.24) is 15.1 Å². The first-order valence-corrected chi connectivity index (χ1v) is 7.16. The zero-order valence-corrected chi connectivity index (χ0v) is 12.5. The van der Waals surface area contributed by atoms with Crippen LogP contribution in [0, 0.1) is 6.92 Å². The summed E-state index contributed by atoms with van der Waals surface area (Å²) in [6.45, 7) is 1.87. The first-order valence-electron chi connectivity index (χ1n) is 6.34. The minimum absolute atomic E-state index is 0.458. The van der Waals surface area contributed by atoms with Gasteiger partial charge >= 0.3 is 0 Å². The van der Waals surface area contributed by atoms with Crippen molar-refractivity contribution in [2.75, 3.05) is 12.8 Å². The largest absolute Gasteiger partial charge is 0.497 e. The predicted octanol–water partition coefficient (Wildman–Crippen LogP) is 2.68. The standard InChI is InChI=1S/C14H14N4O2S/c1-8-12(21-14(15)16-8)13-17-11(18-20-13)7-9-4-3-5-10(6-9)19-2/h3-6H,7H2,1-2H3,(H2,15,16). The van der Waals surface area contributed by atoms with Gasteiger partial charge in [-0.3, -0.25) is 0 Å². The summed E-state index contributed by atoms with van der Waals surface area (Å²) < 4.78 is 10.5. The van der Waals surface area contributed by atoms with Gasteiger partial charge in [0.05, 0.1) is 12.8 Å². The summed E-state index contributed by atoms with van der Waals surface area (Å²) in [5.74, 6) is 1.88. The third-order valence-electron chi connectivity index (χ3n) is 2.97. The summed E-state index contributed by atoms with van der Waals surface area (Å²) in [6, 6.07) is 7.78. The Labute approximate surface area is 125 Å². The average molecular weight is 302 g/mol. The van der Waals surface area contributed by atoms with Gasteiger partial charge in [0.15, 0.2) is 11.0 Å². The van der Waals surface area contributed by atoms with Gasteiger partial charge in [-0.05, 0) is 24.6 Å². The van der Waals surface area contributed by atoms with Crippen molar-refractivity contribution in [2.45, 2.75) is 13.3 Å². The number of aryl methyl sites for hydroxylation is 1. The molecule has 0 aliphatic rings. The van der Waals surface area contributed by atoms with E-state index in [4.69, 9.17) is 15.0 Å². The summed E-state index contributed by atoms with van der Waals surface area (Å²) in [5, 5.41) is 4.50. The van der Waals surface area contributed by atoms with E-state index in [1.54, 1.807) is 7.11 Å². The van der Waals surface area contributed by atoms with E-state index in [-0.39, 0.29) is 0 Å². The number of thiazole rings is 1. The van der Waals surface area contributed by atoms with Crippen molar-refractivity contribution in [3.8, 4) is 16.5 Å². The van der Waals surface area contributed by atoms with Crippen molar-refractivity contribution >= 4 is 16.5 Å². The van der Waals surface area contributed by atoms with E-state index in [0.717, 1.165) is 21.9 Å². The van der Waals surface area contributed by atoms with Gasteiger partial charge in [0.2, 0.25) is 0 Å². The fourth-order valence-corrected chi connectivity index (χ4v) is 2.75. The van der Waals surface area contributed by atoms with Gasteiger partial charge in [-0.2, -0.15) is 4.98 Å². The predicted molar refractivity (Wildman–Crippen MR) is 80.4 cm³/mol.